The highest BCUT2D eigenvalue weighted by Gasteiger charge is 2.14. The monoisotopic (exact) mass is 285 g/mol. The second-order valence-electron chi connectivity index (χ2n) is 4.02. The van der Waals surface area contributed by atoms with Crippen LogP contribution < -0.4 is 10.1 Å². The lowest BCUT2D eigenvalue weighted by Crippen LogP contribution is -2.14. The number of rotatable bonds is 3. The molecule has 0 aliphatic rings. The van der Waals surface area contributed by atoms with Gasteiger partial charge in [0.05, 0.1) is 18.1 Å². The Hall–Kier alpha value is -2.47. The smallest absolute Gasteiger partial charge is 0.260 e. The molecule has 3 rings (SSSR count). The van der Waals surface area contributed by atoms with Crippen molar-refractivity contribution in [2.45, 2.75) is 0 Å². The number of hydrogen-bond acceptors (Lipinski definition) is 5. The quantitative estimate of drug-likeness (QED) is 0.803. The topological polar surface area (TPSA) is 64.1 Å². The number of carbonyl (C=O) groups excluding carboxylic acids is 1. The van der Waals surface area contributed by atoms with E-state index in [0.717, 1.165) is 10.2 Å². The minimum absolute atomic E-state index is 0.256. The molecule has 20 heavy (non-hydrogen) atoms. The molecule has 1 N–H and O–H groups in total. The third-order valence-corrected chi connectivity index (χ3v) is 3.67. The number of carbonyl (C=O) groups is 1. The minimum atomic E-state index is -0.256. The van der Waals surface area contributed by atoms with E-state index in [4.69, 9.17) is 4.74 Å². The highest BCUT2D eigenvalue weighted by molar-refractivity contribution is 7.16. The predicted octanol–water partition coefficient (Wildman–Crippen LogP) is 2.95. The maximum Gasteiger partial charge on any atom is 0.260 e. The highest BCUT2D eigenvalue weighted by Crippen LogP contribution is 2.25. The Balaban J connectivity index is 1.95. The molecule has 1 aromatic carbocycles. The van der Waals surface area contributed by atoms with Crippen molar-refractivity contribution in [2.24, 2.45) is 0 Å². The maximum atomic E-state index is 12.3. The summed E-state index contributed by atoms with van der Waals surface area (Å²) in [4.78, 5) is 21.4. The molecule has 0 unspecified atom stereocenters. The molecule has 0 atom stereocenters. The summed E-state index contributed by atoms with van der Waals surface area (Å²) >= 11 is 1.50. The van der Waals surface area contributed by atoms with E-state index in [1.807, 2.05) is 17.5 Å². The van der Waals surface area contributed by atoms with Gasteiger partial charge in [-0.15, -0.1) is 11.3 Å². The lowest BCUT2D eigenvalue weighted by molar-refractivity contribution is 0.102. The number of benzene rings is 1. The molecule has 2 heterocycles. The fraction of sp³-hybridized carbons (Fsp3) is 0.0714. The van der Waals surface area contributed by atoms with Crippen LogP contribution in [0.5, 0.6) is 5.75 Å². The number of methoxy groups -OCH3 is 1. The molecule has 3 aromatic rings. The summed E-state index contributed by atoms with van der Waals surface area (Å²) < 4.78 is 5.19. The summed E-state index contributed by atoms with van der Waals surface area (Å²) in [5.41, 5.74) is 0.469. The second-order valence-corrected chi connectivity index (χ2v) is 4.91. The first-order valence-corrected chi connectivity index (χ1v) is 6.80. The number of ether oxygens (including phenoxy) is 1. The zero-order chi connectivity index (χ0) is 13.9. The molecule has 2 aromatic heterocycles. The number of para-hydroxylation sites is 1. The summed E-state index contributed by atoms with van der Waals surface area (Å²) in [6, 6.07) is 8.95. The molecule has 0 aliphatic carbocycles. The largest absolute Gasteiger partial charge is 0.496 e. The molecule has 0 spiro atoms. The summed E-state index contributed by atoms with van der Waals surface area (Å²) in [6.45, 7) is 0. The minimum Gasteiger partial charge on any atom is -0.496 e. The van der Waals surface area contributed by atoms with Gasteiger partial charge in [0.15, 0.2) is 0 Å². The van der Waals surface area contributed by atoms with Crippen LogP contribution in [-0.2, 0) is 0 Å². The lowest BCUT2D eigenvalue weighted by Gasteiger charge is -2.08. The molecule has 0 aliphatic heterocycles. The highest BCUT2D eigenvalue weighted by atomic mass is 32.1. The molecule has 100 valence electrons. The van der Waals surface area contributed by atoms with Gasteiger partial charge in [-0.25, -0.2) is 9.97 Å². The zero-order valence-corrected chi connectivity index (χ0v) is 11.5. The van der Waals surface area contributed by atoms with Gasteiger partial charge < -0.3 is 10.1 Å². The van der Waals surface area contributed by atoms with Crippen LogP contribution in [0.2, 0.25) is 0 Å². The Bertz CT molecular complexity index is 770. The Morgan fingerprint density at radius 2 is 2.10 bits per heavy atom. The number of fused-ring (bicyclic) bond motifs is 1. The van der Waals surface area contributed by atoms with Gasteiger partial charge in [-0.05, 0) is 23.6 Å². The molecule has 0 radical (unpaired) electrons. The SMILES string of the molecule is COc1ccccc1C(=O)Nc1ncnc2sccc12. The molecule has 1 amide bonds. The van der Waals surface area contributed by atoms with Crippen molar-refractivity contribution in [1.82, 2.24) is 9.97 Å². The molecule has 5 nitrogen and oxygen atoms in total. The first-order valence-electron chi connectivity index (χ1n) is 5.92. The van der Waals surface area contributed by atoms with E-state index >= 15 is 0 Å². The summed E-state index contributed by atoms with van der Waals surface area (Å²) in [5, 5.41) is 5.55. The zero-order valence-electron chi connectivity index (χ0n) is 10.7. The van der Waals surface area contributed by atoms with Crippen molar-refractivity contribution in [3.63, 3.8) is 0 Å². The average molecular weight is 285 g/mol. The number of hydrogen-bond donors (Lipinski definition) is 1. The molecule has 0 saturated carbocycles. The van der Waals surface area contributed by atoms with Crippen LogP contribution in [0.15, 0.2) is 42.0 Å². The van der Waals surface area contributed by atoms with Crippen molar-refractivity contribution in [1.29, 1.82) is 0 Å². The Labute approximate surface area is 119 Å². The number of amides is 1. The van der Waals surface area contributed by atoms with E-state index in [-0.39, 0.29) is 5.91 Å². The number of aromatic nitrogens is 2. The lowest BCUT2D eigenvalue weighted by atomic mass is 10.2. The van der Waals surface area contributed by atoms with E-state index in [1.165, 1.54) is 24.8 Å². The van der Waals surface area contributed by atoms with Gasteiger partial charge in [0.2, 0.25) is 0 Å². The first-order chi connectivity index (χ1) is 9.79. The van der Waals surface area contributed by atoms with Crippen molar-refractivity contribution in [3.05, 3.63) is 47.6 Å². The van der Waals surface area contributed by atoms with Crippen molar-refractivity contribution < 1.29 is 9.53 Å². The van der Waals surface area contributed by atoms with E-state index in [0.29, 0.717) is 17.1 Å². The second kappa shape index (κ2) is 5.26. The van der Waals surface area contributed by atoms with Gasteiger partial charge >= 0.3 is 0 Å². The van der Waals surface area contributed by atoms with Gasteiger partial charge in [-0.2, -0.15) is 0 Å². The maximum absolute atomic E-state index is 12.3. The van der Waals surface area contributed by atoms with Gasteiger partial charge in [0, 0.05) is 0 Å². The van der Waals surface area contributed by atoms with Crippen LogP contribution in [-0.4, -0.2) is 23.0 Å². The summed E-state index contributed by atoms with van der Waals surface area (Å²) in [6.07, 6.45) is 1.44. The van der Waals surface area contributed by atoms with Gasteiger partial charge in [-0.3, -0.25) is 4.79 Å². The molecule has 0 fully saturated rings. The van der Waals surface area contributed by atoms with Gasteiger partial charge in [0.25, 0.3) is 5.91 Å². The molecule has 0 bridgehead atoms. The summed E-state index contributed by atoms with van der Waals surface area (Å²) in [7, 11) is 1.54. The van der Waals surface area contributed by atoms with Crippen molar-refractivity contribution in [2.75, 3.05) is 12.4 Å². The van der Waals surface area contributed by atoms with Crippen LogP contribution >= 0.6 is 11.3 Å². The predicted molar refractivity (Wildman–Crippen MR) is 78.4 cm³/mol. The van der Waals surface area contributed by atoms with Gasteiger partial charge in [-0.1, -0.05) is 12.1 Å². The molecular formula is C14H11N3O2S. The van der Waals surface area contributed by atoms with E-state index in [2.05, 4.69) is 15.3 Å². The Morgan fingerprint density at radius 3 is 2.95 bits per heavy atom. The molecular weight excluding hydrogens is 274 g/mol. The fourth-order valence-electron chi connectivity index (χ4n) is 1.90. The number of nitrogens with zero attached hydrogens (tertiary/aromatic N) is 2. The van der Waals surface area contributed by atoms with E-state index in [1.54, 1.807) is 18.2 Å². The van der Waals surface area contributed by atoms with Crippen molar-refractivity contribution in [3.8, 4) is 5.75 Å². The Kier molecular flexibility index (Phi) is 3.30. The first kappa shape index (κ1) is 12.6. The number of thiophene rings is 1. The number of anilines is 1. The molecule has 6 heteroatoms. The fourth-order valence-corrected chi connectivity index (χ4v) is 2.63. The van der Waals surface area contributed by atoms with E-state index < -0.39 is 0 Å². The third kappa shape index (κ3) is 2.21. The summed E-state index contributed by atoms with van der Waals surface area (Å²) in [5.74, 6) is 0.779. The van der Waals surface area contributed by atoms with Gasteiger partial charge in [0.1, 0.15) is 22.7 Å². The van der Waals surface area contributed by atoms with Crippen LogP contribution in [0.4, 0.5) is 5.82 Å². The van der Waals surface area contributed by atoms with Crippen molar-refractivity contribution >= 4 is 33.3 Å². The van der Waals surface area contributed by atoms with Crippen LogP contribution in [0.25, 0.3) is 10.2 Å². The molecule has 0 saturated heterocycles. The normalized spacial score (nSPS) is 10.4. The van der Waals surface area contributed by atoms with Crippen LogP contribution in [0.3, 0.4) is 0 Å². The number of nitrogens with one attached hydrogen (secondary N) is 1. The Morgan fingerprint density at radius 1 is 1.25 bits per heavy atom. The average Bonchev–Trinajstić information content (AvgIpc) is 2.96. The standard InChI is InChI=1S/C14H11N3O2S/c1-19-11-5-3-2-4-9(11)13(18)17-12-10-6-7-20-14(10)16-8-15-12/h2-8H,1H3,(H,15,16,17,18). The van der Waals surface area contributed by atoms with E-state index in [9.17, 15) is 4.79 Å². The third-order valence-electron chi connectivity index (χ3n) is 2.85. The van der Waals surface area contributed by atoms with Crippen LogP contribution in [0, 0.1) is 0 Å². The van der Waals surface area contributed by atoms with Crippen LogP contribution in [0.1, 0.15) is 10.4 Å².